The van der Waals surface area contributed by atoms with Crippen LogP contribution in [0.4, 0.5) is 0 Å². The second kappa shape index (κ2) is 4.16. The van der Waals surface area contributed by atoms with Gasteiger partial charge in [-0.05, 0) is 25.0 Å². The minimum Gasteiger partial charge on any atom is -0.192 e. The van der Waals surface area contributed by atoms with E-state index in [-0.39, 0.29) is 0 Å². The summed E-state index contributed by atoms with van der Waals surface area (Å²) < 4.78 is 0. The van der Waals surface area contributed by atoms with Crippen LogP contribution in [0, 0.1) is 22.7 Å². The highest BCUT2D eigenvalue weighted by molar-refractivity contribution is 5.55. The van der Waals surface area contributed by atoms with Crippen molar-refractivity contribution in [2.75, 3.05) is 0 Å². The summed E-state index contributed by atoms with van der Waals surface area (Å²) in [5.74, 6) is 0. The van der Waals surface area contributed by atoms with Gasteiger partial charge in [-0.15, -0.1) is 0 Å². The Bertz CT molecular complexity index is 298. The summed E-state index contributed by atoms with van der Waals surface area (Å²) in [4.78, 5) is 0. The smallest absolute Gasteiger partial charge is 0.101 e. The van der Waals surface area contributed by atoms with Crippen molar-refractivity contribution in [3.63, 3.8) is 0 Å². The van der Waals surface area contributed by atoms with Gasteiger partial charge in [0.25, 0.3) is 0 Å². The van der Waals surface area contributed by atoms with Crippen molar-refractivity contribution in [2.24, 2.45) is 0 Å². The predicted molar refractivity (Wildman–Crippen MR) is 47.9 cm³/mol. The first kappa shape index (κ1) is 10.2. The molecule has 2 heteroatoms. The van der Waals surface area contributed by atoms with Crippen LogP contribution in [0.1, 0.15) is 13.8 Å². The van der Waals surface area contributed by atoms with Crippen LogP contribution in [-0.2, 0) is 0 Å². The van der Waals surface area contributed by atoms with Crippen molar-refractivity contribution >= 4 is 0 Å². The van der Waals surface area contributed by atoms with Crippen molar-refractivity contribution in [1.82, 2.24) is 0 Å². The van der Waals surface area contributed by atoms with E-state index in [1.165, 1.54) is 0 Å². The maximum absolute atomic E-state index is 8.69. The van der Waals surface area contributed by atoms with E-state index >= 15 is 0 Å². The molecule has 0 spiro atoms. The van der Waals surface area contributed by atoms with Crippen LogP contribution in [-0.4, -0.2) is 0 Å². The van der Waals surface area contributed by atoms with Gasteiger partial charge >= 0.3 is 0 Å². The average Bonchev–Trinajstić information content (AvgIpc) is 1.98. The number of nitrogens with zero attached hydrogens (tertiary/aromatic N) is 2. The van der Waals surface area contributed by atoms with E-state index in [1.807, 2.05) is 12.1 Å². The van der Waals surface area contributed by atoms with Gasteiger partial charge in [0.05, 0.1) is 11.1 Å². The van der Waals surface area contributed by atoms with Crippen LogP contribution in [0.5, 0.6) is 0 Å². The lowest BCUT2D eigenvalue weighted by Crippen LogP contribution is -1.89. The van der Waals surface area contributed by atoms with Crippen molar-refractivity contribution in [2.45, 2.75) is 13.8 Å². The van der Waals surface area contributed by atoms with Crippen molar-refractivity contribution < 1.29 is 0 Å². The zero-order valence-corrected chi connectivity index (χ0v) is 7.31. The Balaban J connectivity index is 5.40. The molecule has 0 atom stereocenters. The maximum Gasteiger partial charge on any atom is 0.101 e. The molecule has 0 unspecified atom stereocenters. The van der Waals surface area contributed by atoms with Crippen LogP contribution < -0.4 is 0 Å². The van der Waals surface area contributed by atoms with E-state index in [9.17, 15) is 0 Å². The van der Waals surface area contributed by atoms with Gasteiger partial charge in [0.1, 0.15) is 12.1 Å². The molecule has 0 aliphatic heterocycles. The zero-order valence-electron chi connectivity index (χ0n) is 7.31. The normalized spacial score (nSPS) is 10.7. The summed E-state index contributed by atoms with van der Waals surface area (Å²) in [6.45, 7) is 10.6. The highest BCUT2D eigenvalue weighted by atomic mass is 14.3. The standard InChI is InChI=1S/C10H10N2/c1-7(2)9(5-11)10(6-12)8(3)4/h1,3H2,2,4H3/b10-9-. The van der Waals surface area contributed by atoms with Crippen LogP contribution in [0.15, 0.2) is 35.5 Å². The lowest BCUT2D eigenvalue weighted by molar-refractivity contribution is 1.33. The van der Waals surface area contributed by atoms with Crippen LogP contribution >= 0.6 is 0 Å². The molecule has 60 valence electrons. The average molecular weight is 158 g/mol. The maximum atomic E-state index is 8.69. The molecule has 2 nitrogen and oxygen atoms in total. The summed E-state index contributed by atoms with van der Waals surface area (Å²) in [7, 11) is 0. The molecule has 0 aromatic heterocycles. The third kappa shape index (κ3) is 2.11. The fourth-order valence-electron chi connectivity index (χ4n) is 0.729. The Labute approximate surface area is 72.7 Å². The Hall–Kier alpha value is -1.80. The van der Waals surface area contributed by atoms with E-state index in [0.29, 0.717) is 22.3 Å². The quantitative estimate of drug-likeness (QED) is 0.458. The van der Waals surface area contributed by atoms with E-state index in [4.69, 9.17) is 10.5 Å². The van der Waals surface area contributed by atoms with E-state index in [1.54, 1.807) is 13.8 Å². The largest absolute Gasteiger partial charge is 0.192 e. The third-order valence-corrected chi connectivity index (χ3v) is 1.33. The minimum atomic E-state index is 0.324. The van der Waals surface area contributed by atoms with E-state index in [0.717, 1.165) is 0 Å². The molecule has 0 N–H and O–H groups in total. The van der Waals surface area contributed by atoms with Crippen LogP contribution in [0.25, 0.3) is 0 Å². The third-order valence-electron chi connectivity index (χ3n) is 1.33. The molecule has 12 heavy (non-hydrogen) atoms. The summed E-state index contributed by atoms with van der Waals surface area (Å²) in [5.41, 5.74) is 1.84. The fourth-order valence-corrected chi connectivity index (χ4v) is 0.729. The highest BCUT2D eigenvalue weighted by Gasteiger charge is 2.06. The van der Waals surface area contributed by atoms with Gasteiger partial charge in [0, 0.05) is 0 Å². The minimum absolute atomic E-state index is 0.324. The van der Waals surface area contributed by atoms with Gasteiger partial charge in [-0.2, -0.15) is 10.5 Å². The first-order valence-electron chi connectivity index (χ1n) is 3.40. The number of rotatable bonds is 2. The van der Waals surface area contributed by atoms with Crippen LogP contribution in [0.2, 0.25) is 0 Å². The van der Waals surface area contributed by atoms with Crippen molar-refractivity contribution in [3.05, 3.63) is 35.5 Å². The molecule has 0 radical (unpaired) electrons. The van der Waals surface area contributed by atoms with Crippen molar-refractivity contribution in [3.8, 4) is 12.1 Å². The SMILES string of the molecule is C=C(C)/C(C#N)=C(/C#N)C(=C)C. The summed E-state index contributed by atoms with van der Waals surface area (Å²) in [6, 6.07) is 3.86. The van der Waals surface area contributed by atoms with E-state index < -0.39 is 0 Å². The molecule has 0 bridgehead atoms. The van der Waals surface area contributed by atoms with Gasteiger partial charge in [0.15, 0.2) is 0 Å². The topological polar surface area (TPSA) is 47.6 Å². The second-order valence-corrected chi connectivity index (χ2v) is 2.53. The van der Waals surface area contributed by atoms with Gasteiger partial charge in [-0.25, -0.2) is 0 Å². The van der Waals surface area contributed by atoms with Gasteiger partial charge in [-0.1, -0.05) is 13.2 Å². The van der Waals surface area contributed by atoms with Gasteiger partial charge in [-0.3, -0.25) is 0 Å². The summed E-state index contributed by atoms with van der Waals surface area (Å²) in [5, 5.41) is 17.4. The molecular formula is C10H10N2. The predicted octanol–water partition coefficient (Wildman–Crippen LogP) is 2.48. The number of hydrogen-bond donors (Lipinski definition) is 0. The molecule has 0 aliphatic carbocycles. The summed E-state index contributed by atoms with van der Waals surface area (Å²) >= 11 is 0. The molecule has 0 aliphatic rings. The first-order chi connectivity index (χ1) is 5.54. The molecule has 0 rings (SSSR count). The second-order valence-electron chi connectivity index (χ2n) is 2.53. The lowest BCUT2D eigenvalue weighted by Gasteiger charge is -2.00. The molecule has 0 saturated heterocycles. The molecule has 0 aromatic carbocycles. The monoisotopic (exact) mass is 158 g/mol. The Morgan fingerprint density at radius 2 is 1.17 bits per heavy atom. The first-order valence-corrected chi connectivity index (χ1v) is 3.40. The van der Waals surface area contributed by atoms with Crippen molar-refractivity contribution in [1.29, 1.82) is 10.5 Å². The fraction of sp³-hybridized carbons (Fsp3) is 0.200. The number of nitriles is 2. The van der Waals surface area contributed by atoms with Gasteiger partial charge in [0.2, 0.25) is 0 Å². The Morgan fingerprint density at radius 3 is 1.25 bits per heavy atom. The van der Waals surface area contributed by atoms with E-state index in [2.05, 4.69) is 13.2 Å². The molecule has 0 fully saturated rings. The Morgan fingerprint density at radius 1 is 0.917 bits per heavy atom. The lowest BCUT2D eigenvalue weighted by atomic mass is 10.00. The summed E-state index contributed by atoms with van der Waals surface area (Å²) in [6.07, 6.45) is 0. The Kier molecular flexibility index (Phi) is 3.53. The molecular weight excluding hydrogens is 148 g/mol. The van der Waals surface area contributed by atoms with Crippen LogP contribution in [0.3, 0.4) is 0 Å². The molecule has 0 heterocycles. The van der Waals surface area contributed by atoms with Gasteiger partial charge < -0.3 is 0 Å². The molecule has 0 aromatic rings. The zero-order chi connectivity index (χ0) is 9.72. The molecule has 0 amide bonds. The number of allylic oxidation sites excluding steroid dienone is 4. The highest BCUT2D eigenvalue weighted by Crippen LogP contribution is 2.16. The number of hydrogen-bond acceptors (Lipinski definition) is 2. The molecule has 0 saturated carbocycles.